The molecule has 1 saturated heterocycles. The molecule has 1 aromatic carbocycles. The lowest BCUT2D eigenvalue weighted by Crippen LogP contribution is -2.44. The molecule has 1 atom stereocenters. The molecule has 2 aromatic rings. The van der Waals surface area contributed by atoms with Crippen molar-refractivity contribution in [1.29, 1.82) is 0 Å². The van der Waals surface area contributed by atoms with Gasteiger partial charge in [0.1, 0.15) is 0 Å². The van der Waals surface area contributed by atoms with Crippen molar-refractivity contribution in [3.05, 3.63) is 46.8 Å². The van der Waals surface area contributed by atoms with Gasteiger partial charge in [-0.2, -0.15) is 0 Å². The number of hydrogen-bond donors (Lipinski definition) is 4. The third-order valence-corrected chi connectivity index (χ3v) is 5.23. The molecule has 2 amide bonds. The van der Waals surface area contributed by atoms with E-state index in [2.05, 4.69) is 10.6 Å². The van der Waals surface area contributed by atoms with Crippen LogP contribution in [0.3, 0.4) is 0 Å². The summed E-state index contributed by atoms with van der Waals surface area (Å²) >= 11 is 1.32. The van der Waals surface area contributed by atoms with Crippen LogP contribution in [-0.2, 0) is 0 Å². The van der Waals surface area contributed by atoms with E-state index in [1.807, 2.05) is 18.2 Å². The van der Waals surface area contributed by atoms with E-state index in [4.69, 9.17) is 5.73 Å². The third-order valence-electron chi connectivity index (χ3n) is 4.08. The van der Waals surface area contributed by atoms with Crippen LogP contribution in [0.1, 0.15) is 26.5 Å². The Hall–Kier alpha value is -2.22. The maximum atomic E-state index is 12.2. The first-order valence-electron chi connectivity index (χ1n) is 7.68. The molecule has 126 valence electrons. The fourth-order valence-electron chi connectivity index (χ4n) is 2.64. The van der Waals surface area contributed by atoms with Crippen molar-refractivity contribution in [2.75, 3.05) is 19.6 Å². The number of primary amides is 1. The molecule has 1 aliphatic heterocycles. The summed E-state index contributed by atoms with van der Waals surface area (Å²) in [7, 11) is 0. The van der Waals surface area contributed by atoms with Crippen molar-refractivity contribution in [2.24, 2.45) is 5.73 Å². The second-order valence-electron chi connectivity index (χ2n) is 5.94. The number of carbonyl (C=O) groups excluding carboxylic acids is 2. The number of amides is 2. The van der Waals surface area contributed by atoms with Gasteiger partial charge in [0.2, 0.25) is 0 Å². The van der Waals surface area contributed by atoms with Crippen LogP contribution in [-0.4, -0.2) is 42.2 Å². The molecular formula is C17H19N3O3S. The van der Waals surface area contributed by atoms with Gasteiger partial charge in [0.05, 0.1) is 10.5 Å². The Bertz CT molecular complexity index is 749. The highest BCUT2D eigenvalue weighted by Gasteiger charge is 2.31. The molecule has 0 unspecified atom stereocenters. The van der Waals surface area contributed by atoms with Crippen LogP contribution in [0.15, 0.2) is 36.4 Å². The van der Waals surface area contributed by atoms with Gasteiger partial charge in [-0.3, -0.25) is 9.59 Å². The molecule has 24 heavy (non-hydrogen) atoms. The summed E-state index contributed by atoms with van der Waals surface area (Å²) in [4.78, 5) is 24.8. The zero-order valence-electron chi connectivity index (χ0n) is 13.0. The van der Waals surface area contributed by atoms with Crippen LogP contribution in [0.25, 0.3) is 10.4 Å². The van der Waals surface area contributed by atoms with E-state index in [-0.39, 0.29) is 12.5 Å². The van der Waals surface area contributed by atoms with E-state index >= 15 is 0 Å². The van der Waals surface area contributed by atoms with Crippen LogP contribution in [0, 0.1) is 0 Å². The minimum Gasteiger partial charge on any atom is -0.387 e. The normalized spacial score (nSPS) is 20.0. The highest BCUT2D eigenvalue weighted by atomic mass is 32.1. The molecule has 5 N–H and O–H groups in total. The van der Waals surface area contributed by atoms with E-state index in [9.17, 15) is 14.7 Å². The SMILES string of the molecule is NC(=O)c1ccc(-c2ccc(C(=O)NC[C@@]3(O)CCNC3)cc2)s1. The number of nitrogens with two attached hydrogens (primary N) is 1. The van der Waals surface area contributed by atoms with Gasteiger partial charge < -0.3 is 21.5 Å². The molecule has 1 aromatic heterocycles. The van der Waals surface area contributed by atoms with E-state index in [0.717, 1.165) is 17.0 Å². The minimum absolute atomic E-state index is 0.217. The monoisotopic (exact) mass is 345 g/mol. The van der Waals surface area contributed by atoms with Gasteiger partial charge in [-0.05, 0) is 42.8 Å². The van der Waals surface area contributed by atoms with Gasteiger partial charge in [-0.15, -0.1) is 11.3 Å². The molecule has 1 fully saturated rings. The second-order valence-corrected chi connectivity index (χ2v) is 7.02. The molecule has 0 saturated carbocycles. The van der Waals surface area contributed by atoms with Crippen LogP contribution in [0.5, 0.6) is 0 Å². The van der Waals surface area contributed by atoms with Crippen LogP contribution >= 0.6 is 11.3 Å². The highest BCUT2D eigenvalue weighted by molar-refractivity contribution is 7.17. The number of aliphatic hydroxyl groups is 1. The van der Waals surface area contributed by atoms with Gasteiger partial charge in [0.25, 0.3) is 11.8 Å². The van der Waals surface area contributed by atoms with E-state index < -0.39 is 11.5 Å². The maximum Gasteiger partial charge on any atom is 0.258 e. The topological polar surface area (TPSA) is 104 Å². The Morgan fingerprint density at radius 3 is 2.58 bits per heavy atom. The van der Waals surface area contributed by atoms with Gasteiger partial charge in [0, 0.05) is 23.5 Å². The summed E-state index contributed by atoms with van der Waals surface area (Å²) in [6, 6.07) is 10.6. The summed E-state index contributed by atoms with van der Waals surface area (Å²) < 4.78 is 0. The second kappa shape index (κ2) is 6.72. The number of nitrogens with one attached hydrogen (secondary N) is 2. The molecule has 2 heterocycles. The number of rotatable bonds is 5. The standard InChI is InChI=1S/C17H19N3O3S/c18-15(21)14-6-5-13(24-14)11-1-3-12(4-2-11)16(22)20-10-17(23)7-8-19-9-17/h1-6,19,23H,7-10H2,(H2,18,21)(H,20,22)/t17-/m1/s1. The number of thiophene rings is 1. The van der Waals surface area contributed by atoms with Crippen molar-refractivity contribution in [3.8, 4) is 10.4 Å². The maximum absolute atomic E-state index is 12.2. The van der Waals surface area contributed by atoms with E-state index in [1.165, 1.54) is 11.3 Å². The fourth-order valence-corrected chi connectivity index (χ4v) is 3.50. The Kier molecular flexibility index (Phi) is 4.66. The van der Waals surface area contributed by atoms with Gasteiger partial charge in [0.15, 0.2) is 0 Å². The predicted molar refractivity (Wildman–Crippen MR) is 93.0 cm³/mol. The van der Waals surface area contributed by atoms with Crippen molar-refractivity contribution < 1.29 is 14.7 Å². The lowest BCUT2D eigenvalue weighted by Gasteiger charge is -2.21. The van der Waals surface area contributed by atoms with Gasteiger partial charge in [-0.1, -0.05) is 12.1 Å². The largest absolute Gasteiger partial charge is 0.387 e. The summed E-state index contributed by atoms with van der Waals surface area (Å²) in [5, 5.41) is 16.1. The molecule has 0 aliphatic carbocycles. The predicted octanol–water partition coefficient (Wildman–Crippen LogP) is 0.968. The highest BCUT2D eigenvalue weighted by Crippen LogP contribution is 2.28. The molecule has 1 aliphatic rings. The van der Waals surface area contributed by atoms with Crippen molar-refractivity contribution >= 4 is 23.2 Å². The summed E-state index contributed by atoms with van der Waals surface area (Å²) in [5.41, 5.74) is 5.84. The van der Waals surface area contributed by atoms with E-state index in [1.54, 1.807) is 18.2 Å². The summed E-state index contributed by atoms with van der Waals surface area (Å²) in [6.45, 7) is 1.48. The lowest BCUT2D eigenvalue weighted by molar-refractivity contribution is 0.0562. The van der Waals surface area contributed by atoms with Crippen molar-refractivity contribution in [1.82, 2.24) is 10.6 Å². The lowest BCUT2D eigenvalue weighted by atomic mass is 10.0. The smallest absolute Gasteiger partial charge is 0.258 e. The quantitative estimate of drug-likeness (QED) is 0.648. The Morgan fingerprint density at radius 2 is 2.00 bits per heavy atom. The van der Waals surface area contributed by atoms with Crippen molar-refractivity contribution in [3.63, 3.8) is 0 Å². The number of carbonyl (C=O) groups is 2. The fraction of sp³-hybridized carbons (Fsp3) is 0.294. The zero-order chi connectivity index (χ0) is 17.2. The minimum atomic E-state index is -0.863. The zero-order valence-corrected chi connectivity index (χ0v) is 13.9. The van der Waals surface area contributed by atoms with Gasteiger partial charge in [-0.25, -0.2) is 0 Å². The average Bonchev–Trinajstić information content (AvgIpc) is 3.23. The molecular weight excluding hydrogens is 326 g/mol. The Morgan fingerprint density at radius 1 is 1.25 bits per heavy atom. The van der Waals surface area contributed by atoms with Gasteiger partial charge >= 0.3 is 0 Å². The first-order valence-corrected chi connectivity index (χ1v) is 8.50. The first kappa shape index (κ1) is 16.6. The summed E-state index contributed by atoms with van der Waals surface area (Å²) in [6.07, 6.45) is 0.632. The number of hydrogen-bond acceptors (Lipinski definition) is 5. The molecule has 6 nitrogen and oxygen atoms in total. The van der Waals surface area contributed by atoms with Crippen molar-refractivity contribution in [2.45, 2.75) is 12.0 Å². The average molecular weight is 345 g/mol. The number of β-amino-alcohol motifs (C(OH)–C–C–N with tert-alkyl or cyclic N) is 1. The van der Waals surface area contributed by atoms with Crippen LogP contribution < -0.4 is 16.4 Å². The molecule has 0 bridgehead atoms. The summed E-state index contributed by atoms with van der Waals surface area (Å²) in [5.74, 6) is -0.660. The number of benzene rings is 1. The van der Waals surface area contributed by atoms with E-state index in [0.29, 0.717) is 23.4 Å². The molecule has 0 radical (unpaired) electrons. The van der Waals surface area contributed by atoms with Crippen LogP contribution in [0.4, 0.5) is 0 Å². The first-order chi connectivity index (χ1) is 11.5. The molecule has 3 rings (SSSR count). The third kappa shape index (κ3) is 3.64. The Balaban J connectivity index is 1.65. The Labute approximate surface area is 143 Å². The van der Waals surface area contributed by atoms with Crippen LogP contribution in [0.2, 0.25) is 0 Å². The molecule has 7 heteroatoms. The molecule has 0 spiro atoms.